The number of fused-ring (bicyclic) bond motifs is 3. The largest absolute Gasteiger partial charge is 0.463 e. The zero-order valence-corrected chi connectivity index (χ0v) is 19.8. The highest BCUT2D eigenvalue weighted by Gasteiger charge is 2.34. The van der Waals surface area contributed by atoms with Crippen LogP contribution in [0.5, 0.6) is 0 Å². The van der Waals surface area contributed by atoms with E-state index in [0.717, 1.165) is 20.7 Å². The van der Waals surface area contributed by atoms with Gasteiger partial charge in [0.25, 0.3) is 0 Å². The molecule has 0 fully saturated rings. The van der Waals surface area contributed by atoms with Crippen LogP contribution in [0.4, 0.5) is 4.79 Å². The summed E-state index contributed by atoms with van der Waals surface area (Å²) in [6.45, 7) is 1.96. The van der Waals surface area contributed by atoms with Gasteiger partial charge in [-0.15, -0.1) is 10.2 Å². The summed E-state index contributed by atoms with van der Waals surface area (Å²) in [4.78, 5) is 26.2. The first-order valence-corrected chi connectivity index (χ1v) is 12.3. The number of carbonyl (C=O) groups excluding carboxylic acids is 2. The third-order valence-corrected chi connectivity index (χ3v) is 7.33. The molecule has 4 aromatic rings. The molecule has 0 spiro atoms. The van der Waals surface area contributed by atoms with Gasteiger partial charge in [-0.2, -0.15) is 0 Å². The maximum atomic E-state index is 12.9. The minimum Gasteiger partial charge on any atom is -0.463 e. The third-order valence-electron chi connectivity index (χ3n) is 5.11. The minimum absolute atomic E-state index is 0.218. The number of ether oxygens (including phenoxy) is 1. The molecule has 1 aliphatic rings. The number of hydrogen-bond acceptors (Lipinski definition) is 7. The van der Waals surface area contributed by atoms with Gasteiger partial charge < -0.3 is 15.4 Å². The van der Waals surface area contributed by atoms with Gasteiger partial charge in [0.2, 0.25) is 4.96 Å². The number of carbonyl (C=O) groups is 2. The summed E-state index contributed by atoms with van der Waals surface area (Å²) in [7, 11) is 0. The molecular formula is C22H18ClN5O3S2. The number of thioether (sulfide) groups is 1. The Kier molecular flexibility index (Phi) is 5.96. The fourth-order valence-electron chi connectivity index (χ4n) is 3.67. The first kappa shape index (κ1) is 21.7. The fourth-order valence-corrected chi connectivity index (χ4v) is 5.73. The summed E-state index contributed by atoms with van der Waals surface area (Å²) in [5.74, 6) is -0.190. The molecule has 1 atom stereocenters. The van der Waals surface area contributed by atoms with E-state index in [0.29, 0.717) is 27.2 Å². The van der Waals surface area contributed by atoms with Crippen molar-refractivity contribution < 1.29 is 14.3 Å². The van der Waals surface area contributed by atoms with Crippen molar-refractivity contribution in [1.82, 2.24) is 25.2 Å². The molecule has 2 N–H and O–H groups in total. The summed E-state index contributed by atoms with van der Waals surface area (Å²) in [6, 6.07) is 13.9. The summed E-state index contributed by atoms with van der Waals surface area (Å²) >= 11 is 8.97. The van der Waals surface area contributed by atoms with Crippen molar-refractivity contribution in [3.05, 3.63) is 70.4 Å². The number of nitrogens with zero attached hydrogens (tertiary/aromatic N) is 3. The van der Waals surface area contributed by atoms with Crippen molar-refractivity contribution in [1.29, 1.82) is 0 Å². The normalized spacial score (nSPS) is 16.2. The van der Waals surface area contributed by atoms with E-state index < -0.39 is 18.0 Å². The van der Waals surface area contributed by atoms with E-state index in [2.05, 4.69) is 20.8 Å². The van der Waals surface area contributed by atoms with Crippen molar-refractivity contribution in [2.75, 3.05) is 12.4 Å². The Morgan fingerprint density at radius 2 is 2.00 bits per heavy atom. The molecule has 0 saturated carbocycles. The standard InChI is InChI=1S/C22H18ClN5O3S2/c1-2-31-19(29)17-14(24-20(30)25-18(17)12-7-9-13(23)10-8-12)11-32-21-26-27-22-28(21)15-5-3-4-6-16(15)33-22/h3-10,18H,2,11H2,1H3,(H2,24,25,30). The monoisotopic (exact) mass is 499 g/mol. The van der Waals surface area contributed by atoms with Crippen LogP contribution in [0.3, 0.4) is 0 Å². The van der Waals surface area contributed by atoms with E-state index in [4.69, 9.17) is 16.3 Å². The second kappa shape index (κ2) is 9.05. The number of esters is 1. The molecule has 0 aliphatic carbocycles. The van der Waals surface area contributed by atoms with E-state index in [1.165, 1.54) is 11.8 Å². The van der Waals surface area contributed by atoms with E-state index >= 15 is 0 Å². The van der Waals surface area contributed by atoms with Crippen LogP contribution < -0.4 is 10.6 Å². The maximum Gasteiger partial charge on any atom is 0.338 e. The lowest BCUT2D eigenvalue weighted by Gasteiger charge is -2.29. The summed E-state index contributed by atoms with van der Waals surface area (Å²) in [5, 5.41) is 15.4. The Hall–Kier alpha value is -3.08. The highest BCUT2D eigenvalue weighted by atomic mass is 35.5. The zero-order chi connectivity index (χ0) is 22.9. The molecule has 2 aromatic carbocycles. The Labute approximate surface area is 202 Å². The van der Waals surface area contributed by atoms with Crippen LogP contribution in [0.1, 0.15) is 18.5 Å². The van der Waals surface area contributed by atoms with E-state index in [9.17, 15) is 9.59 Å². The van der Waals surface area contributed by atoms with Crippen LogP contribution in [0.25, 0.3) is 15.2 Å². The fraction of sp³-hybridized carbons (Fsp3) is 0.182. The molecule has 1 unspecified atom stereocenters. The number of para-hydroxylation sites is 1. The van der Waals surface area contributed by atoms with Gasteiger partial charge >= 0.3 is 12.0 Å². The quantitative estimate of drug-likeness (QED) is 0.298. The predicted molar refractivity (Wildman–Crippen MR) is 129 cm³/mol. The van der Waals surface area contributed by atoms with Crippen LogP contribution >= 0.6 is 34.7 Å². The first-order chi connectivity index (χ1) is 16.0. The molecule has 1 aliphatic heterocycles. The number of halogens is 1. The number of hydrogen-bond donors (Lipinski definition) is 2. The molecule has 2 aromatic heterocycles. The molecule has 11 heteroatoms. The summed E-state index contributed by atoms with van der Waals surface area (Å²) in [5.41, 5.74) is 2.56. The number of aromatic nitrogens is 3. The van der Waals surface area contributed by atoms with Crippen LogP contribution in [0.15, 0.2) is 65.0 Å². The number of nitrogens with one attached hydrogen (secondary N) is 2. The van der Waals surface area contributed by atoms with Crippen LogP contribution in [-0.2, 0) is 9.53 Å². The van der Waals surface area contributed by atoms with E-state index in [1.54, 1.807) is 42.5 Å². The number of benzene rings is 2. The average molecular weight is 500 g/mol. The van der Waals surface area contributed by atoms with Crippen molar-refractivity contribution in [3.8, 4) is 0 Å². The zero-order valence-electron chi connectivity index (χ0n) is 17.4. The van der Waals surface area contributed by atoms with Crippen molar-refractivity contribution in [3.63, 3.8) is 0 Å². The smallest absolute Gasteiger partial charge is 0.338 e. The first-order valence-electron chi connectivity index (χ1n) is 10.1. The lowest BCUT2D eigenvalue weighted by Crippen LogP contribution is -2.46. The lowest BCUT2D eigenvalue weighted by atomic mass is 9.95. The Morgan fingerprint density at radius 1 is 1.21 bits per heavy atom. The average Bonchev–Trinajstić information content (AvgIpc) is 3.37. The second-order valence-electron chi connectivity index (χ2n) is 7.15. The van der Waals surface area contributed by atoms with Crippen molar-refractivity contribution in [2.24, 2.45) is 0 Å². The van der Waals surface area contributed by atoms with Crippen LogP contribution in [0.2, 0.25) is 5.02 Å². The van der Waals surface area contributed by atoms with E-state index in [-0.39, 0.29) is 6.61 Å². The number of urea groups is 1. The molecule has 168 valence electrons. The van der Waals surface area contributed by atoms with Gasteiger partial charge in [0.05, 0.1) is 28.4 Å². The minimum atomic E-state index is -0.661. The predicted octanol–water partition coefficient (Wildman–Crippen LogP) is 4.56. The molecular weight excluding hydrogens is 482 g/mol. The van der Waals surface area contributed by atoms with Gasteiger partial charge in [0.15, 0.2) is 5.16 Å². The van der Waals surface area contributed by atoms with Gasteiger partial charge in [-0.05, 0) is 36.8 Å². The SMILES string of the molecule is CCOC(=O)C1=C(CSc2nnc3sc4ccccc4n23)NC(=O)NC1c1ccc(Cl)cc1. The Balaban J connectivity index is 1.52. The number of rotatable bonds is 6. The molecule has 3 heterocycles. The highest BCUT2D eigenvalue weighted by Crippen LogP contribution is 2.33. The van der Waals surface area contributed by atoms with Crippen molar-refractivity contribution >= 4 is 61.9 Å². The topological polar surface area (TPSA) is 97.6 Å². The molecule has 8 nitrogen and oxygen atoms in total. The van der Waals surface area contributed by atoms with Gasteiger partial charge in [0.1, 0.15) is 0 Å². The Bertz CT molecular complexity index is 1400. The van der Waals surface area contributed by atoms with Gasteiger partial charge in [-0.3, -0.25) is 4.40 Å². The lowest BCUT2D eigenvalue weighted by molar-refractivity contribution is -0.139. The third kappa shape index (κ3) is 4.17. The molecule has 0 bridgehead atoms. The van der Waals surface area contributed by atoms with Gasteiger partial charge in [0, 0.05) is 16.5 Å². The Morgan fingerprint density at radius 3 is 2.79 bits per heavy atom. The number of thiazole rings is 1. The molecule has 0 saturated heterocycles. The van der Waals surface area contributed by atoms with Crippen molar-refractivity contribution in [2.45, 2.75) is 18.1 Å². The molecule has 33 heavy (non-hydrogen) atoms. The maximum absolute atomic E-state index is 12.9. The highest BCUT2D eigenvalue weighted by molar-refractivity contribution is 7.99. The van der Waals surface area contributed by atoms with Crippen LogP contribution in [0, 0.1) is 0 Å². The number of amides is 2. The summed E-state index contributed by atoms with van der Waals surface area (Å²) in [6.07, 6.45) is 0. The van der Waals surface area contributed by atoms with Gasteiger partial charge in [-0.25, -0.2) is 9.59 Å². The van der Waals surface area contributed by atoms with E-state index in [1.807, 2.05) is 28.7 Å². The van der Waals surface area contributed by atoms with Crippen LogP contribution in [-0.4, -0.2) is 39.0 Å². The molecule has 2 amide bonds. The van der Waals surface area contributed by atoms with Gasteiger partial charge in [-0.1, -0.05) is 59.0 Å². The molecule has 5 rings (SSSR count). The molecule has 0 radical (unpaired) electrons. The second-order valence-corrected chi connectivity index (χ2v) is 9.54. The summed E-state index contributed by atoms with van der Waals surface area (Å²) < 4.78 is 8.41.